The van der Waals surface area contributed by atoms with E-state index in [0.29, 0.717) is 6.61 Å². The van der Waals surface area contributed by atoms with Crippen LogP contribution in [0.2, 0.25) is 0 Å². The largest absolute Gasteiger partial charge is 0.466 e. The molecule has 17 heavy (non-hydrogen) atoms. The molecule has 0 bridgehead atoms. The fraction of sp³-hybridized carbons (Fsp3) is 0.267. The van der Waals surface area contributed by atoms with Crippen LogP contribution in [0.4, 0.5) is 0 Å². The summed E-state index contributed by atoms with van der Waals surface area (Å²) in [4.78, 5) is 10.7. The van der Waals surface area contributed by atoms with Crippen LogP contribution in [0.3, 0.4) is 0 Å². The molecule has 0 unspecified atom stereocenters. The van der Waals surface area contributed by atoms with E-state index in [1.807, 2.05) is 12.1 Å². The predicted molar refractivity (Wildman–Crippen MR) is 69.0 cm³/mol. The molecule has 2 heteroatoms. The fourth-order valence-electron chi connectivity index (χ4n) is 2.03. The van der Waals surface area contributed by atoms with E-state index < -0.39 is 0 Å². The minimum atomic E-state index is -0.221. The van der Waals surface area contributed by atoms with E-state index in [1.54, 1.807) is 0 Å². The Labute approximate surface area is 101 Å². The number of hydrogen-bond acceptors (Lipinski definition) is 2. The molecule has 0 saturated heterocycles. The molecule has 0 spiro atoms. The minimum absolute atomic E-state index is 0.221. The number of aryl methyl sites for hydroxylation is 1. The molecule has 0 aliphatic heterocycles. The lowest BCUT2D eigenvalue weighted by molar-refractivity contribution is -0.140. The monoisotopic (exact) mass is 228 g/mol. The number of carbonyl (C=O) groups excluding carboxylic acids is 1. The first kappa shape index (κ1) is 11.6. The molecular weight excluding hydrogens is 212 g/mol. The molecule has 0 aliphatic carbocycles. The SMILES string of the molecule is CC(=O)OCCc1ccc(C)c2ccccc12. The van der Waals surface area contributed by atoms with Crippen molar-refractivity contribution in [3.63, 3.8) is 0 Å². The van der Waals surface area contributed by atoms with Crippen LogP contribution in [0.25, 0.3) is 10.8 Å². The molecule has 0 aliphatic rings. The first-order valence-electron chi connectivity index (χ1n) is 5.79. The first-order valence-corrected chi connectivity index (χ1v) is 5.79. The van der Waals surface area contributed by atoms with Crippen molar-refractivity contribution in [3.8, 4) is 0 Å². The fourth-order valence-corrected chi connectivity index (χ4v) is 2.03. The Bertz CT molecular complexity index is 544. The van der Waals surface area contributed by atoms with E-state index in [9.17, 15) is 4.79 Å². The molecular formula is C15H16O2. The average molecular weight is 228 g/mol. The zero-order valence-corrected chi connectivity index (χ0v) is 10.2. The van der Waals surface area contributed by atoms with Crippen molar-refractivity contribution < 1.29 is 9.53 Å². The van der Waals surface area contributed by atoms with Crippen LogP contribution in [-0.4, -0.2) is 12.6 Å². The minimum Gasteiger partial charge on any atom is -0.466 e. The van der Waals surface area contributed by atoms with Gasteiger partial charge in [-0.3, -0.25) is 4.79 Å². The maximum absolute atomic E-state index is 10.7. The second kappa shape index (κ2) is 5.00. The van der Waals surface area contributed by atoms with Gasteiger partial charge in [0.1, 0.15) is 0 Å². The molecule has 2 aromatic carbocycles. The molecule has 0 heterocycles. The molecule has 0 N–H and O–H groups in total. The van der Waals surface area contributed by atoms with Gasteiger partial charge >= 0.3 is 5.97 Å². The van der Waals surface area contributed by atoms with Gasteiger partial charge in [0.25, 0.3) is 0 Å². The van der Waals surface area contributed by atoms with Gasteiger partial charge in [0, 0.05) is 13.3 Å². The topological polar surface area (TPSA) is 26.3 Å². The number of ether oxygens (including phenoxy) is 1. The van der Waals surface area contributed by atoms with Gasteiger partial charge in [-0.1, -0.05) is 36.4 Å². The Kier molecular flexibility index (Phi) is 3.43. The maximum Gasteiger partial charge on any atom is 0.302 e. The number of esters is 1. The van der Waals surface area contributed by atoms with Crippen LogP contribution in [0.15, 0.2) is 36.4 Å². The number of benzene rings is 2. The molecule has 0 radical (unpaired) electrons. The van der Waals surface area contributed by atoms with Gasteiger partial charge in [0.15, 0.2) is 0 Å². The standard InChI is InChI=1S/C15H16O2/c1-11-7-8-13(9-10-17-12(2)16)15-6-4-3-5-14(11)15/h3-8H,9-10H2,1-2H3. The van der Waals surface area contributed by atoms with Crippen LogP contribution in [0, 0.1) is 6.92 Å². The van der Waals surface area contributed by atoms with E-state index in [1.165, 1.54) is 28.8 Å². The van der Waals surface area contributed by atoms with E-state index in [2.05, 4.69) is 31.2 Å². The van der Waals surface area contributed by atoms with Crippen LogP contribution in [-0.2, 0) is 16.0 Å². The van der Waals surface area contributed by atoms with Gasteiger partial charge in [0.05, 0.1) is 6.61 Å². The lowest BCUT2D eigenvalue weighted by Crippen LogP contribution is -2.03. The molecule has 88 valence electrons. The van der Waals surface area contributed by atoms with Gasteiger partial charge in [0.2, 0.25) is 0 Å². The van der Waals surface area contributed by atoms with E-state index in [-0.39, 0.29) is 5.97 Å². The van der Waals surface area contributed by atoms with E-state index in [4.69, 9.17) is 4.74 Å². The molecule has 0 aromatic heterocycles. The molecule has 2 aromatic rings. The Hall–Kier alpha value is -1.83. The van der Waals surface area contributed by atoms with Gasteiger partial charge in [-0.05, 0) is 28.8 Å². The lowest BCUT2D eigenvalue weighted by Gasteiger charge is -2.08. The Morgan fingerprint density at radius 1 is 1.12 bits per heavy atom. The molecule has 0 atom stereocenters. The summed E-state index contributed by atoms with van der Waals surface area (Å²) in [6, 6.07) is 12.6. The van der Waals surface area contributed by atoms with Gasteiger partial charge in [-0.15, -0.1) is 0 Å². The van der Waals surface area contributed by atoms with Crippen LogP contribution < -0.4 is 0 Å². The van der Waals surface area contributed by atoms with Crippen molar-refractivity contribution >= 4 is 16.7 Å². The number of rotatable bonds is 3. The molecule has 0 saturated carbocycles. The highest BCUT2D eigenvalue weighted by molar-refractivity contribution is 5.88. The average Bonchev–Trinajstić information content (AvgIpc) is 2.32. The molecule has 2 nitrogen and oxygen atoms in total. The second-order valence-corrected chi connectivity index (χ2v) is 4.18. The van der Waals surface area contributed by atoms with Crippen LogP contribution in [0.5, 0.6) is 0 Å². The summed E-state index contributed by atoms with van der Waals surface area (Å²) in [6.07, 6.45) is 0.764. The highest BCUT2D eigenvalue weighted by Gasteiger charge is 2.03. The molecule has 2 rings (SSSR count). The highest BCUT2D eigenvalue weighted by atomic mass is 16.5. The Balaban J connectivity index is 2.28. The molecule has 0 amide bonds. The lowest BCUT2D eigenvalue weighted by atomic mass is 9.99. The zero-order valence-electron chi connectivity index (χ0n) is 10.2. The predicted octanol–water partition coefficient (Wildman–Crippen LogP) is 3.25. The molecule has 0 fully saturated rings. The zero-order chi connectivity index (χ0) is 12.3. The van der Waals surface area contributed by atoms with Crippen molar-refractivity contribution in [1.82, 2.24) is 0 Å². The van der Waals surface area contributed by atoms with Crippen molar-refractivity contribution in [2.75, 3.05) is 6.61 Å². The summed E-state index contributed by atoms with van der Waals surface area (Å²) in [5, 5.41) is 2.52. The summed E-state index contributed by atoms with van der Waals surface area (Å²) in [5.74, 6) is -0.221. The Morgan fingerprint density at radius 3 is 2.53 bits per heavy atom. The van der Waals surface area contributed by atoms with Crippen molar-refractivity contribution in [1.29, 1.82) is 0 Å². The van der Waals surface area contributed by atoms with Gasteiger partial charge in [-0.2, -0.15) is 0 Å². The quantitative estimate of drug-likeness (QED) is 0.754. The highest BCUT2D eigenvalue weighted by Crippen LogP contribution is 2.22. The summed E-state index contributed by atoms with van der Waals surface area (Å²) < 4.78 is 4.99. The summed E-state index contributed by atoms with van der Waals surface area (Å²) in [5.41, 5.74) is 2.50. The van der Waals surface area contributed by atoms with Crippen LogP contribution in [0.1, 0.15) is 18.1 Å². The summed E-state index contributed by atoms with van der Waals surface area (Å²) >= 11 is 0. The van der Waals surface area contributed by atoms with E-state index >= 15 is 0 Å². The van der Waals surface area contributed by atoms with Crippen molar-refractivity contribution in [2.24, 2.45) is 0 Å². The van der Waals surface area contributed by atoms with Crippen molar-refractivity contribution in [2.45, 2.75) is 20.3 Å². The van der Waals surface area contributed by atoms with Crippen molar-refractivity contribution in [3.05, 3.63) is 47.5 Å². The normalized spacial score (nSPS) is 10.5. The van der Waals surface area contributed by atoms with Gasteiger partial charge in [-0.25, -0.2) is 0 Å². The maximum atomic E-state index is 10.7. The van der Waals surface area contributed by atoms with E-state index in [0.717, 1.165) is 6.42 Å². The smallest absolute Gasteiger partial charge is 0.302 e. The Morgan fingerprint density at radius 2 is 1.82 bits per heavy atom. The second-order valence-electron chi connectivity index (χ2n) is 4.18. The number of carbonyl (C=O) groups is 1. The van der Waals surface area contributed by atoms with Crippen LogP contribution >= 0.6 is 0 Å². The van der Waals surface area contributed by atoms with Gasteiger partial charge < -0.3 is 4.74 Å². The third-order valence-electron chi connectivity index (χ3n) is 2.91. The summed E-state index contributed by atoms with van der Waals surface area (Å²) in [7, 11) is 0. The first-order chi connectivity index (χ1) is 8.18. The summed E-state index contributed by atoms with van der Waals surface area (Å²) in [6.45, 7) is 3.99. The number of fused-ring (bicyclic) bond motifs is 1. The number of hydrogen-bond donors (Lipinski definition) is 0. The third-order valence-corrected chi connectivity index (χ3v) is 2.91. The third kappa shape index (κ3) is 2.64.